The molecule has 3 aromatic rings. The van der Waals surface area contributed by atoms with Crippen LogP contribution in [0.3, 0.4) is 0 Å². The number of benzene rings is 2. The second kappa shape index (κ2) is 6.74. The van der Waals surface area contributed by atoms with Gasteiger partial charge in [-0.3, -0.25) is 0 Å². The zero-order valence-corrected chi connectivity index (χ0v) is 12.5. The van der Waals surface area contributed by atoms with Gasteiger partial charge in [-0.2, -0.15) is 0 Å². The van der Waals surface area contributed by atoms with Crippen LogP contribution in [0.15, 0.2) is 48.5 Å². The van der Waals surface area contributed by atoms with Gasteiger partial charge in [0.25, 0.3) is 0 Å². The van der Waals surface area contributed by atoms with E-state index in [9.17, 15) is 0 Å². The number of nitrogens with zero attached hydrogens (tertiary/aromatic N) is 1. The van der Waals surface area contributed by atoms with Gasteiger partial charge in [-0.1, -0.05) is 35.9 Å². The molecule has 0 atom stereocenters. The lowest BCUT2D eigenvalue weighted by Gasteiger charge is -2.04. The molecule has 1 heterocycles. The smallest absolute Gasteiger partial charge is 0.107 e. The number of aryl methyl sites for hydroxylation is 1. The fraction of sp³-hybridized carbons (Fsp3) is 0.235. The lowest BCUT2D eigenvalue weighted by atomic mass is 10.2. The number of halogens is 1. The maximum absolute atomic E-state index is 5.96. The highest BCUT2D eigenvalue weighted by Gasteiger charge is 2.01. The molecule has 0 spiro atoms. The van der Waals surface area contributed by atoms with Gasteiger partial charge in [0.1, 0.15) is 5.82 Å². The molecule has 1 aromatic heterocycles. The molecular formula is C17H18ClN3. The van der Waals surface area contributed by atoms with Crippen LogP contribution in [0, 0.1) is 0 Å². The normalized spacial score (nSPS) is 11.1. The number of para-hydroxylation sites is 2. The van der Waals surface area contributed by atoms with Crippen LogP contribution in [-0.4, -0.2) is 16.5 Å². The number of nitrogens with one attached hydrogen (secondary N) is 2. The second-order valence-corrected chi connectivity index (χ2v) is 5.55. The highest BCUT2D eigenvalue weighted by Crippen LogP contribution is 2.12. The molecule has 0 amide bonds. The van der Waals surface area contributed by atoms with E-state index in [0.29, 0.717) is 0 Å². The third kappa shape index (κ3) is 3.84. The molecule has 0 fully saturated rings. The quantitative estimate of drug-likeness (QED) is 0.677. The number of fused-ring (bicyclic) bond motifs is 1. The van der Waals surface area contributed by atoms with Crippen LogP contribution in [-0.2, 0) is 13.0 Å². The van der Waals surface area contributed by atoms with Gasteiger partial charge < -0.3 is 10.3 Å². The van der Waals surface area contributed by atoms with Gasteiger partial charge in [-0.05, 0) is 42.8 Å². The van der Waals surface area contributed by atoms with Crippen LogP contribution in [0.5, 0.6) is 0 Å². The van der Waals surface area contributed by atoms with E-state index in [0.717, 1.165) is 47.8 Å². The summed E-state index contributed by atoms with van der Waals surface area (Å²) in [7, 11) is 0. The molecule has 2 N–H and O–H groups in total. The van der Waals surface area contributed by atoms with E-state index in [4.69, 9.17) is 11.6 Å². The highest BCUT2D eigenvalue weighted by atomic mass is 35.5. The molecule has 0 aliphatic rings. The van der Waals surface area contributed by atoms with Gasteiger partial charge in [0.15, 0.2) is 0 Å². The fourth-order valence-corrected chi connectivity index (χ4v) is 2.60. The third-order valence-corrected chi connectivity index (χ3v) is 3.66. The summed E-state index contributed by atoms with van der Waals surface area (Å²) in [6, 6.07) is 16.1. The minimum absolute atomic E-state index is 0.788. The van der Waals surface area contributed by atoms with Gasteiger partial charge in [0, 0.05) is 18.0 Å². The van der Waals surface area contributed by atoms with Gasteiger partial charge in [0.05, 0.1) is 11.0 Å². The molecule has 0 radical (unpaired) electrons. The maximum Gasteiger partial charge on any atom is 0.107 e. The van der Waals surface area contributed by atoms with E-state index in [1.807, 2.05) is 36.4 Å². The molecule has 0 bridgehead atoms. The SMILES string of the molecule is Clc1cccc(CNCCCc2nc3ccccc3[nH]2)c1. The number of H-pyrrole nitrogens is 1. The third-order valence-electron chi connectivity index (χ3n) is 3.42. The second-order valence-electron chi connectivity index (χ2n) is 5.11. The summed E-state index contributed by atoms with van der Waals surface area (Å²) in [5.41, 5.74) is 3.37. The molecule has 0 saturated heterocycles. The summed E-state index contributed by atoms with van der Waals surface area (Å²) in [4.78, 5) is 7.93. The minimum atomic E-state index is 0.788. The van der Waals surface area contributed by atoms with Crippen molar-refractivity contribution in [1.82, 2.24) is 15.3 Å². The minimum Gasteiger partial charge on any atom is -0.342 e. The first-order chi connectivity index (χ1) is 10.3. The number of imidazole rings is 1. The molecule has 21 heavy (non-hydrogen) atoms. The van der Waals surface area contributed by atoms with Crippen LogP contribution < -0.4 is 5.32 Å². The summed E-state index contributed by atoms with van der Waals surface area (Å²) in [6.07, 6.45) is 2.01. The molecule has 3 rings (SSSR count). The van der Waals surface area contributed by atoms with E-state index >= 15 is 0 Å². The van der Waals surface area contributed by atoms with Crippen molar-refractivity contribution in [3.63, 3.8) is 0 Å². The van der Waals surface area contributed by atoms with E-state index < -0.39 is 0 Å². The topological polar surface area (TPSA) is 40.7 Å². The standard InChI is InChI=1S/C17H18ClN3/c18-14-6-3-5-13(11-14)12-19-10-4-9-17-20-15-7-1-2-8-16(15)21-17/h1-3,5-8,11,19H,4,9-10,12H2,(H,20,21). The summed E-state index contributed by atoms with van der Waals surface area (Å²) in [5.74, 6) is 1.06. The Hall–Kier alpha value is -1.84. The van der Waals surface area contributed by atoms with Crippen LogP contribution in [0.25, 0.3) is 11.0 Å². The lowest BCUT2D eigenvalue weighted by Crippen LogP contribution is -2.15. The Bertz CT molecular complexity index is 688. The molecule has 2 aromatic carbocycles. The Morgan fingerprint density at radius 3 is 2.86 bits per heavy atom. The fourth-order valence-electron chi connectivity index (χ4n) is 2.38. The van der Waals surface area contributed by atoms with Gasteiger partial charge in [-0.15, -0.1) is 0 Å². The maximum atomic E-state index is 5.96. The van der Waals surface area contributed by atoms with E-state index in [2.05, 4.69) is 27.4 Å². The lowest BCUT2D eigenvalue weighted by molar-refractivity contribution is 0.641. The number of aromatic amines is 1. The zero-order valence-electron chi connectivity index (χ0n) is 11.8. The molecular weight excluding hydrogens is 282 g/mol. The van der Waals surface area contributed by atoms with E-state index in [1.54, 1.807) is 0 Å². The van der Waals surface area contributed by atoms with Gasteiger partial charge >= 0.3 is 0 Å². The zero-order chi connectivity index (χ0) is 14.5. The van der Waals surface area contributed by atoms with Crippen molar-refractivity contribution < 1.29 is 0 Å². The largest absolute Gasteiger partial charge is 0.342 e. The molecule has 0 aliphatic carbocycles. The van der Waals surface area contributed by atoms with Crippen LogP contribution >= 0.6 is 11.6 Å². The number of hydrogen-bond acceptors (Lipinski definition) is 2. The van der Waals surface area contributed by atoms with Crippen molar-refractivity contribution >= 4 is 22.6 Å². The Labute approximate surface area is 129 Å². The monoisotopic (exact) mass is 299 g/mol. The van der Waals surface area contributed by atoms with Crippen molar-refractivity contribution in [2.75, 3.05) is 6.54 Å². The number of hydrogen-bond donors (Lipinski definition) is 2. The highest BCUT2D eigenvalue weighted by molar-refractivity contribution is 6.30. The molecule has 4 heteroatoms. The van der Waals surface area contributed by atoms with Crippen molar-refractivity contribution in [3.8, 4) is 0 Å². The Morgan fingerprint density at radius 2 is 2.00 bits per heavy atom. The number of rotatable bonds is 6. The van der Waals surface area contributed by atoms with Crippen LogP contribution in [0.1, 0.15) is 17.8 Å². The van der Waals surface area contributed by atoms with Crippen LogP contribution in [0.4, 0.5) is 0 Å². The molecule has 0 saturated carbocycles. The van der Waals surface area contributed by atoms with Crippen molar-refractivity contribution in [2.45, 2.75) is 19.4 Å². The van der Waals surface area contributed by atoms with Gasteiger partial charge in [-0.25, -0.2) is 4.98 Å². The Morgan fingerprint density at radius 1 is 1.10 bits per heavy atom. The number of aromatic nitrogens is 2. The average molecular weight is 300 g/mol. The summed E-state index contributed by atoms with van der Waals surface area (Å²) < 4.78 is 0. The van der Waals surface area contributed by atoms with E-state index in [-0.39, 0.29) is 0 Å². The Kier molecular flexibility index (Phi) is 4.53. The summed E-state index contributed by atoms with van der Waals surface area (Å²) in [5, 5.41) is 4.22. The van der Waals surface area contributed by atoms with Crippen molar-refractivity contribution in [2.24, 2.45) is 0 Å². The van der Waals surface area contributed by atoms with Crippen LogP contribution in [0.2, 0.25) is 5.02 Å². The molecule has 0 aliphatic heterocycles. The predicted molar refractivity (Wildman–Crippen MR) is 87.6 cm³/mol. The van der Waals surface area contributed by atoms with Crippen molar-refractivity contribution in [3.05, 3.63) is 64.9 Å². The summed E-state index contributed by atoms with van der Waals surface area (Å²) in [6.45, 7) is 1.81. The first-order valence-corrected chi connectivity index (χ1v) is 7.58. The average Bonchev–Trinajstić information content (AvgIpc) is 2.89. The first kappa shape index (κ1) is 14.1. The predicted octanol–water partition coefficient (Wildman–Crippen LogP) is 3.94. The molecule has 108 valence electrons. The molecule has 3 nitrogen and oxygen atoms in total. The van der Waals surface area contributed by atoms with E-state index in [1.165, 1.54) is 5.56 Å². The van der Waals surface area contributed by atoms with Crippen molar-refractivity contribution in [1.29, 1.82) is 0 Å². The first-order valence-electron chi connectivity index (χ1n) is 7.20. The summed E-state index contributed by atoms with van der Waals surface area (Å²) >= 11 is 5.96. The van der Waals surface area contributed by atoms with Gasteiger partial charge in [0.2, 0.25) is 0 Å². The Balaban J connectivity index is 1.44. The molecule has 0 unspecified atom stereocenters.